The summed E-state index contributed by atoms with van der Waals surface area (Å²) in [6.07, 6.45) is 0.386. The van der Waals surface area contributed by atoms with Crippen molar-refractivity contribution in [3.05, 3.63) is 0 Å². The Labute approximate surface area is 103 Å². The third-order valence-electron chi connectivity index (χ3n) is 1.90. The molecule has 0 aliphatic carbocycles. The highest BCUT2D eigenvalue weighted by atomic mass is 31.2. The number of hydrogen-bond acceptors (Lipinski definition) is 6. The van der Waals surface area contributed by atoms with Crippen molar-refractivity contribution in [2.45, 2.75) is 0 Å². The van der Waals surface area contributed by atoms with Crippen LogP contribution in [0.5, 0.6) is 0 Å². The van der Waals surface area contributed by atoms with Crippen molar-refractivity contribution in [1.82, 2.24) is 0 Å². The maximum Gasteiger partial charge on any atom is 0.202 e. The van der Waals surface area contributed by atoms with Crippen LogP contribution in [0.4, 0.5) is 0 Å². The number of aliphatic hydroxyl groups excluding tert-OH is 1. The lowest BCUT2D eigenvalue weighted by Crippen LogP contribution is -2.10. The molecule has 0 aliphatic heterocycles. The summed E-state index contributed by atoms with van der Waals surface area (Å²) in [5.74, 6) is 0. The van der Waals surface area contributed by atoms with Crippen LogP contribution < -0.4 is 0 Å². The first-order valence-electron chi connectivity index (χ1n) is 5.59. The van der Waals surface area contributed by atoms with Crippen molar-refractivity contribution in [2.75, 3.05) is 66.2 Å². The maximum absolute atomic E-state index is 11.8. The molecule has 1 atom stereocenters. The molecular formula is C10H23O6P. The van der Waals surface area contributed by atoms with E-state index < -0.39 is 7.37 Å². The Morgan fingerprint density at radius 1 is 1.00 bits per heavy atom. The number of methoxy groups -OCH3 is 1. The lowest BCUT2D eigenvalue weighted by atomic mass is 10.7. The Bertz CT molecular complexity index is 193. The molecule has 0 fully saturated rings. The molecule has 0 aliphatic rings. The van der Waals surface area contributed by atoms with Gasteiger partial charge in [-0.15, -0.1) is 0 Å². The molecule has 0 bridgehead atoms. The van der Waals surface area contributed by atoms with Gasteiger partial charge in [-0.05, 0) is 0 Å². The molecule has 1 unspecified atom stereocenters. The average molecular weight is 270 g/mol. The van der Waals surface area contributed by atoms with Gasteiger partial charge < -0.3 is 23.8 Å². The molecule has 0 heterocycles. The van der Waals surface area contributed by atoms with Crippen molar-refractivity contribution in [3.8, 4) is 0 Å². The van der Waals surface area contributed by atoms with E-state index in [1.807, 2.05) is 0 Å². The van der Waals surface area contributed by atoms with E-state index in [1.54, 1.807) is 13.8 Å². The lowest BCUT2D eigenvalue weighted by molar-refractivity contribution is 0.0683. The smallest absolute Gasteiger partial charge is 0.202 e. The van der Waals surface area contributed by atoms with Crippen molar-refractivity contribution < 1.29 is 28.4 Å². The van der Waals surface area contributed by atoms with Crippen LogP contribution in [-0.4, -0.2) is 71.3 Å². The van der Waals surface area contributed by atoms with E-state index in [2.05, 4.69) is 0 Å². The fourth-order valence-corrected chi connectivity index (χ4v) is 2.05. The van der Waals surface area contributed by atoms with Crippen molar-refractivity contribution in [1.29, 1.82) is 0 Å². The van der Waals surface area contributed by atoms with Crippen molar-refractivity contribution in [3.63, 3.8) is 0 Å². The zero-order chi connectivity index (χ0) is 13.0. The predicted molar refractivity (Wildman–Crippen MR) is 64.9 cm³/mol. The summed E-state index contributed by atoms with van der Waals surface area (Å²) < 4.78 is 32.1. The van der Waals surface area contributed by atoms with Crippen LogP contribution in [0, 0.1) is 0 Å². The lowest BCUT2D eigenvalue weighted by Gasteiger charge is -2.14. The van der Waals surface area contributed by atoms with Crippen LogP contribution in [0.25, 0.3) is 0 Å². The van der Waals surface area contributed by atoms with Gasteiger partial charge in [-0.2, -0.15) is 0 Å². The van der Waals surface area contributed by atoms with Gasteiger partial charge >= 0.3 is 0 Å². The third-order valence-corrected chi connectivity index (χ3v) is 3.62. The highest BCUT2D eigenvalue weighted by Gasteiger charge is 2.15. The summed E-state index contributed by atoms with van der Waals surface area (Å²) in [4.78, 5) is 0. The molecule has 0 amide bonds. The molecule has 0 radical (unpaired) electrons. The van der Waals surface area contributed by atoms with Crippen LogP contribution in [0.2, 0.25) is 0 Å². The Kier molecular flexibility index (Phi) is 11.2. The van der Waals surface area contributed by atoms with Gasteiger partial charge in [0.15, 0.2) is 0 Å². The third kappa shape index (κ3) is 12.3. The molecule has 6 nitrogen and oxygen atoms in total. The van der Waals surface area contributed by atoms with E-state index in [-0.39, 0.29) is 19.8 Å². The Balaban J connectivity index is 3.42. The zero-order valence-electron chi connectivity index (χ0n) is 10.6. The van der Waals surface area contributed by atoms with E-state index in [4.69, 9.17) is 23.8 Å². The predicted octanol–water partition coefficient (Wildman–Crippen LogP) is 0.583. The van der Waals surface area contributed by atoms with Gasteiger partial charge in [0, 0.05) is 19.9 Å². The van der Waals surface area contributed by atoms with Crippen LogP contribution in [0.15, 0.2) is 0 Å². The van der Waals surface area contributed by atoms with E-state index >= 15 is 0 Å². The first-order chi connectivity index (χ1) is 8.12. The minimum Gasteiger partial charge on any atom is -0.394 e. The number of rotatable bonds is 12. The second-order valence-electron chi connectivity index (χ2n) is 3.51. The standard InChI is InChI=1S/C10H23O6P/c1-13-5-6-15-9-10-17(2,12)16-8-7-14-4-3-11/h11H,3-10H2,1-2H3. The fourth-order valence-electron chi connectivity index (χ4n) is 0.995. The molecule has 7 heteroatoms. The fraction of sp³-hybridized carbons (Fsp3) is 1.00. The van der Waals surface area contributed by atoms with Gasteiger partial charge in [0.05, 0.1) is 46.2 Å². The van der Waals surface area contributed by atoms with E-state index in [9.17, 15) is 4.57 Å². The molecule has 0 saturated carbocycles. The summed E-state index contributed by atoms with van der Waals surface area (Å²) in [5.41, 5.74) is 0. The van der Waals surface area contributed by atoms with Gasteiger partial charge in [-0.1, -0.05) is 0 Å². The number of hydrogen-bond donors (Lipinski definition) is 1. The van der Waals surface area contributed by atoms with Crippen LogP contribution in [0.1, 0.15) is 0 Å². The van der Waals surface area contributed by atoms with Crippen LogP contribution in [0.3, 0.4) is 0 Å². The van der Waals surface area contributed by atoms with Gasteiger partial charge in [0.1, 0.15) is 0 Å². The summed E-state index contributed by atoms with van der Waals surface area (Å²) in [6.45, 7) is 3.87. The van der Waals surface area contributed by atoms with Gasteiger partial charge in [0.2, 0.25) is 7.37 Å². The molecule has 0 aromatic heterocycles. The SMILES string of the molecule is COCCOCCP(C)(=O)OCCOCCO. The van der Waals surface area contributed by atoms with Crippen LogP contribution >= 0.6 is 7.37 Å². The molecule has 1 N–H and O–H groups in total. The zero-order valence-corrected chi connectivity index (χ0v) is 11.5. The summed E-state index contributed by atoms with van der Waals surface area (Å²) >= 11 is 0. The topological polar surface area (TPSA) is 74.2 Å². The summed E-state index contributed by atoms with van der Waals surface area (Å²) in [5, 5.41) is 8.47. The van der Waals surface area contributed by atoms with Crippen LogP contribution in [-0.2, 0) is 23.3 Å². The number of ether oxygens (including phenoxy) is 3. The minimum atomic E-state index is -2.60. The molecule has 0 aromatic carbocycles. The Morgan fingerprint density at radius 3 is 2.29 bits per heavy atom. The highest BCUT2D eigenvalue weighted by Crippen LogP contribution is 2.41. The monoisotopic (exact) mass is 270 g/mol. The van der Waals surface area contributed by atoms with Crippen molar-refractivity contribution in [2.24, 2.45) is 0 Å². The average Bonchev–Trinajstić information content (AvgIpc) is 2.28. The van der Waals surface area contributed by atoms with Gasteiger partial charge in [-0.25, -0.2) is 0 Å². The van der Waals surface area contributed by atoms with E-state index in [0.29, 0.717) is 32.6 Å². The molecule has 0 saturated heterocycles. The number of aliphatic hydroxyl groups is 1. The maximum atomic E-state index is 11.8. The molecule has 0 spiro atoms. The Morgan fingerprint density at radius 2 is 1.65 bits per heavy atom. The molecule has 104 valence electrons. The molecule has 17 heavy (non-hydrogen) atoms. The minimum absolute atomic E-state index is 0.0167. The first kappa shape index (κ1) is 17.0. The first-order valence-corrected chi connectivity index (χ1v) is 7.84. The summed E-state index contributed by atoms with van der Waals surface area (Å²) in [6, 6.07) is 0. The molecular weight excluding hydrogens is 247 g/mol. The second kappa shape index (κ2) is 11.1. The van der Waals surface area contributed by atoms with E-state index in [0.717, 1.165) is 0 Å². The Hall–Kier alpha value is 0.0300. The highest BCUT2D eigenvalue weighted by molar-refractivity contribution is 7.58. The molecule has 0 aromatic rings. The van der Waals surface area contributed by atoms with Gasteiger partial charge in [-0.3, -0.25) is 4.57 Å². The summed E-state index contributed by atoms with van der Waals surface area (Å²) in [7, 11) is -0.997. The quantitative estimate of drug-likeness (QED) is 0.413. The van der Waals surface area contributed by atoms with Crippen molar-refractivity contribution >= 4 is 7.37 Å². The second-order valence-corrected chi connectivity index (χ2v) is 6.25. The molecule has 0 rings (SSSR count). The normalized spacial score (nSPS) is 14.8. The largest absolute Gasteiger partial charge is 0.394 e. The van der Waals surface area contributed by atoms with E-state index in [1.165, 1.54) is 0 Å². The van der Waals surface area contributed by atoms with Gasteiger partial charge in [0.25, 0.3) is 0 Å².